The normalized spacial score (nSPS) is 18.9. The van der Waals surface area contributed by atoms with E-state index in [9.17, 15) is 14.7 Å². The van der Waals surface area contributed by atoms with E-state index in [1.54, 1.807) is 35.2 Å². The van der Waals surface area contributed by atoms with Gasteiger partial charge < -0.3 is 20.6 Å². The summed E-state index contributed by atoms with van der Waals surface area (Å²) in [4.78, 5) is 29.6. The standard InChI is InChI=1S/C21H23BrN4O3/c22-16-7-1-2-8-17(16)23-21(29)24-18-9-3-6-15(19(18)27)20(28)26-12-11-25-10-4-5-14(25)13-26/h1-3,6-9,14,27H,4-5,10-13H2,(H2,23,24,29). The first-order chi connectivity index (χ1) is 14.0. The maximum absolute atomic E-state index is 13.0. The minimum Gasteiger partial charge on any atom is -0.505 e. The maximum atomic E-state index is 13.0. The fourth-order valence-electron chi connectivity index (χ4n) is 4.00. The zero-order valence-electron chi connectivity index (χ0n) is 15.9. The van der Waals surface area contributed by atoms with Gasteiger partial charge >= 0.3 is 6.03 Å². The Balaban J connectivity index is 1.46. The molecular weight excluding hydrogens is 436 g/mol. The van der Waals surface area contributed by atoms with Crippen LogP contribution in [0.4, 0.5) is 16.2 Å². The van der Waals surface area contributed by atoms with Crippen LogP contribution in [-0.4, -0.2) is 59.1 Å². The van der Waals surface area contributed by atoms with Crippen LogP contribution in [-0.2, 0) is 0 Å². The Morgan fingerprint density at radius 1 is 1.00 bits per heavy atom. The van der Waals surface area contributed by atoms with E-state index in [-0.39, 0.29) is 22.9 Å². The van der Waals surface area contributed by atoms with Crippen LogP contribution in [0.3, 0.4) is 0 Å². The lowest BCUT2D eigenvalue weighted by Gasteiger charge is -2.37. The van der Waals surface area contributed by atoms with Crippen molar-refractivity contribution in [2.24, 2.45) is 0 Å². The highest BCUT2D eigenvalue weighted by Gasteiger charge is 2.33. The van der Waals surface area contributed by atoms with E-state index in [2.05, 4.69) is 31.5 Å². The van der Waals surface area contributed by atoms with Gasteiger partial charge in [0.15, 0.2) is 5.75 Å². The molecule has 0 bridgehead atoms. The number of fused-ring (bicyclic) bond motifs is 1. The Morgan fingerprint density at radius 3 is 2.59 bits per heavy atom. The summed E-state index contributed by atoms with van der Waals surface area (Å²) in [6.45, 7) is 3.29. The number of aromatic hydroxyl groups is 1. The SMILES string of the molecule is O=C(Nc1ccccc1Br)Nc1cccc(C(=O)N2CCN3CCCC3C2)c1O. The van der Waals surface area contributed by atoms with Gasteiger partial charge in [-0.3, -0.25) is 9.69 Å². The summed E-state index contributed by atoms with van der Waals surface area (Å²) >= 11 is 3.37. The van der Waals surface area contributed by atoms with Crippen molar-refractivity contribution in [3.8, 4) is 5.75 Å². The molecule has 152 valence electrons. The second-order valence-corrected chi connectivity index (χ2v) is 8.20. The number of phenols is 1. The summed E-state index contributed by atoms with van der Waals surface area (Å²) in [7, 11) is 0. The number of phenolic OH excluding ortho intramolecular Hbond substituents is 1. The molecule has 3 N–H and O–H groups in total. The Bertz CT molecular complexity index is 936. The average molecular weight is 459 g/mol. The van der Waals surface area contributed by atoms with Crippen LogP contribution in [0.25, 0.3) is 0 Å². The smallest absolute Gasteiger partial charge is 0.323 e. The predicted octanol–water partition coefficient (Wildman–Crippen LogP) is 3.72. The first-order valence-corrected chi connectivity index (χ1v) is 10.5. The van der Waals surface area contributed by atoms with E-state index in [1.807, 2.05) is 12.1 Å². The molecule has 1 atom stereocenters. The van der Waals surface area contributed by atoms with Crippen molar-refractivity contribution >= 4 is 39.2 Å². The second kappa shape index (κ2) is 8.42. The average Bonchev–Trinajstić information content (AvgIpc) is 3.19. The van der Waals surface area contributed by atoms with Gasteiger partial charge in [-0.1, -0.05) is 18.2 Å². The number of nitrogens with one attached hydrogen (secondary N) is 2. The highest BCUT2D eigenvalue weighted by Crippen LogP contribution is 2.30. The third-order valence-electron chi connectivity index (χ3n) is 5.51. The minimum absolute atomic E-state index is 0.194. The van der Waals surface area contributed by atoms with E-state index in [1.165, 1.54) is 6.42 Å². The molecule has 0 aromatic heterocycles. The Morgan fingerprint density at radius 2 is 1.76 bits per heavy atom. The van der Waals surface area contributed by atoms with Crippen LogP contribution < -0.4 is 10.6 Å². The van der Waals surface area contributed by atoms with Crippen molar-refractivity contribution < 1.29 is 14.7 Å². The minimum atomic E-state index is -0.503. The summed E-state index contributed by atoms with van der Waals surface area (Å²) in [6, 6.07) is 12.0. The number of urea groups is 1. The first-order valence-electron chi connectivity index (χ1n) is 9.71. The van der Waals surface area contributed by atoms with Gasteiger partial charge in [-0.25, -0.2) is 4.79 Å². The van der Waals surface area contributed by atoms with Crippen LogP contribution in [0, 0.1) is 0 Å². The lowest BCUT2D eigenvalue weighted by molar-refractivity contribution is 0.0568. The summed E-state index contributed by atoms with van der Waals surface area (Å²) in [5, 5.41) is 16.0. The van der Waals surface area contributed by atoms with E-state index >= 15 is 0 Å². The molecule has 1 unspecified atom stereocenters. The molecule has 2 heterocycles. The number of carbonyl (C=O) groups excluding carboxylic acids is 2. The molecule has 0 saturated carbocycles. The van der Waals surface area contributed by atoms with Gasteiger partial charge in [0, 0.05) is 30.1 Å². The molecule has 0 spiro atoms. The van der Waals surface area contributed by atoms with E-state index in [0.717, 1.165) is 24.0 Å². The number of hydrogen-bond donors (Lipinski definition) is 3. The lowest BCUT2D eigenvalue weighted by atomic mass is 10.1. The summed E-state index contributed by atoms with van der Waals surface area (Å²) < 4.78 is 0.745. The number of amides is 3. The second-order valence-electron chi connectivity index (χ2n) is 7.34. The van der Waals surface area contributed by atoms with Gasteiger partial charge in [0.25, 0.3) is 5.91 Å². The van der Waals surface area contributed by atoms with Crippen LogP contribution in [0.5, 0.6) is 5.75 Å². The first kappa shape index (κ1) is 19.7. The van der Waals surface area contributed by atoms with Crippen molar-refractivity contribution in [2.75, 3.05) is 36.8 Å². The Hall–Kier alpha value is -2.58. The van der Waals surface area contributed by atoms with Crippen molar-refractivity contribution in [3.63, 3.8) is 0 Å². The molecule has 4 rings (SSSR count). The summed E-state index contributed by atoms with van der Waals surface area (Å²) in [6.07, 6.45) is 2.27. The molecule has 2 saturated heterocycles. The summed E-state index contributed by atoms with van der Waals surface area (Å²) in [5.74, 6) is -0.419. The van der Waals surface area contributed by atoms with Gasteiger partial charge in [-0.2, -0.15) is 0 Å². The highest BCUT2D eigenvalue weighted by atomic mass is 79.9. The van der Waals surface area contributed by atoms with E-state index in [0.29, 0.717) is 24.8 Å². The molecule has 0 aliphatic carbocycles. The summed E-state index contributed by atoms with van der Waals surface area (Å²) in [5.41, 5.74) is 1.00. The van der Waals surface area contributed by atoms with Crippen LogP contribution in [0.15, 0.2) is 46.9 Å². The van der Waals surface area contributed by atoms with Crippen LogP contribution >= 0.6 is 15.9 Å². The Kier molecular flexibility index (Phi) is 5.73. The van der Waals surface area contributed by atoms with E-state index < -0.39 is 6.03 Å². The molecule has 2 aromatic carbocycles. The van der Waals surface area contributed by atoms with Crippen molar-refractivity contribution in [2.45, 2.75) is 18.9 Å². The van der Waals surface area contributed by atoms with Crippen LogP contribution in [0.2, 0.25) is 0 Å². The third kappa shape index (κ3) is 4.23. The molecule has 2 aromatic rings. The zero-order chi connectivity index (χ0) is 20.4. The van der Waals surface area contributed by atoms with E-state index in [4.69, 9.17) is 0 Å². The monoisotopic (exact) mass is 458 g/mol. The van der Waals surface area contributed by atoms with Crippen molar-refractivity contribution in [1.82, 2.24) is 9.80 Å². The molecule has 2 aliphatic heterocycles. The van der Waals surface area contributed by atoms with Gasteiger partial charge in [-0.15, -0.1) is 0 Å². The van der Waals surface area contributed by atoms with Gasteiger partial charge in [-0.05, 0) is 59.6 Å². The number of halogens is 1. The van der Waals surface area contributed by atoms with Gasteiger partial charge in [0.2, 0.25) is 0 Å². The fourth-order valence-corrected chi connectivity index (χ4v) is 4.39. The molecule has 0 radical (unpaired) electrons. The molecule has 2 fully saturated rings. The zero-order valence-corrected chi connectivity index (χ0v) is 17.5. The molecular formula is C21H23BrN4O3. The third-order valence-corrected chi connectivity index (χ3v) is 6.20. The van der Waals surface area contributed by atoms with Crippen LogP contribution in [0.1, 0.15) is 23.2 Å². The molecule has 2 aliphatic rings. The molecule has 3 amide bonds. The number of nitrogens with zero attached hydrogens (tertiary/aromatic N) is 2. The van der Waals surface area contributed by atoms with Crippen molar-refractivity contribution in [1.29, 1.82) is 0 Å². The molecule has 29 heavy (non-hydrogen) atoms. The number of anilines is 2. The number of hydrogen-bond acceptors (Lipinski definition) is 4. The Labute approximate surface area is 177 Å². The van der Waals surface area contributed by atoms with Crippen molar-refractivity contribution in [3.05, 3.63) is 52.5 Å². The van der Waals surface area contributed by atoms with Gasteiger partial charge in [0.05, 0.1) is 16.9 Å². The quantitative estimate of drug-likeness (QED) is 0.611. The topological polar surface area (TPSA) is 84.9 Å². The molecule has 7 nitrogen and oxygen atoms in total. The number of piperazine rings is 1. The predicted molar refractivity (Wildman–Crippen MR) is 115 cm³/mol. The number of para-hydroxylation sites is 2. The number of carbonyl (C=O) groups is 2. The largest absolute Gasteiger partial charge is 0.505 e. The fraction of sp³-hybridized carbons (Fsp3) is 0.333. The lowest BCUT2D eigenvalue weighted by Crippen LogP contribution is -2.52. The number of rotatable bonds is 3. The number of benzene rings is 2. The molecule has 8 heteroatoms. The van der Waals surface area contributed by atoms with Gasteiger partial charge in [0.1, 0.15) is 0 Å². The maximum Gasteiger partial charge on any atom is 0.323 e. The highest BCUT2D eigenvalue weighted by molar-refractivity contribution is 9.10.